The third kappa shape index (κ3) is 3.08. The number of fused-ring (bicyclic) bond motifs is 1. The van der Waals surface area contributed by atoms with Gasteiger partial charge in [0.25, 0.3) is 0 Å². The van der Waals surface area contributed by atoms with Crippen molar-refractivity contribution in [2.45, 2.75) is 25.7 Å². The number of para-hydroxylation sites is 1. The van der Waals surface area contributed by atoms with E-state index in [0.717, 1.165) is 23.7 Å². The number of nitrogens with zero attached hydrogens (tertiary/aromatic N) is 1. The lowest BCUT2D eigenvalue weighted by Crippen LogP contribution is -2.30. The molecular formula is C17H18N2O3. The normalized spacial score (nSPS) is 21.5. The summed E-state index contributed by atoms with van der Waals surface area (Å²) in [5, 5.41) is 12.9. The number of pyridine rings is 1. The monoisotopic (exact) mass is 298 g/mol. The number of anilines is 1. The number of carboxylic acids is 1. The standard InChI is InChI=1S/C17H18N2O3/c20-16(12-5-3-6-13(8-12)17(21)22)19-14-9-11-4-1-2-7-15(11)18-10-14/h1-2,4,7,9-10,12-13H,3,5-6,8H2,(H,19,20)(H,21,22). The number of hydrogen-bond donors (Lipinski definition) is 2. The molecule has 1 heterocycles. The molecule has 1 aliphatic carbocycles. The van der Waals surface area contributed by atoms with Gasteiger partial charge in [0.1, 0.15) is 0 Å². The molecule has 0 bridgehead atoms. The molecule has 0 aliphatic heterocycles. The maximum absolute atomic E-state index is 12.3. The Hall–Kier alpha value is -2.43. The van der Waals surface area contributed by atoms with Crippen LogP contribution >= 0.6 is 0 Å². The van der Waals surface area contributed by atoms with Crippen LogP contribution in [-0.2, 0) is 9.59 Å². The van der Waals surface area contributed by atoms with Crippen molar-refractivity contribution in [1.82, 2.24) is 4.98 Å². The van der Waals surface area contributed by atoms with E-state index in [9.17, 15) is 9.59 Å². The van der Waals surface area contributed by atoms with Gasteiger partial charge in [-0.1, -0.05) is 24.6 Å². The van der Waals surface area contributed by atoms with E-state index in [1.165, 1.54) is 0 Å². The summed E-state index contributed by atoms with van der Waals surface area (Å²) in [4.78, 5) is 27.7. The summed E-state index contributed by atoms with van der Waals surface area (Å²) in [7, 11) is 0. The first-order valence-corrected chi connectivity index (χ1v) is 7.52. The molecule has 2 unspecified atom stereocenters. The summed E-state index contributed by atoms with van der Waals surface area (Å²) in [5.74, 6) is -1.55. The Morgan fingerprint density at radius 3 is 2.77 bits per heavy atom. The number of aromatic nitrogens is 1. The average Bonchev–Trinajstić information content (AvgIpc) is 2.55. The number of rotatable bonds is 3. The highest BCUT2D eigenvalue weighted by Gasteiger charge is 2.31. The molecule has 0 spiro atoms. The molecule has 2 atom stereocenters. The van der Waals surface area contributed by atoms with Crippen LogP contribution in [0.2, 0.25) is 0 Å². The smallest absolute Gasteiger partial charge is 0.306 e. The maximum atomic E-state index is 12.3. The van der Waals surface area contributed by atoms with Gasteiger partial charge in [-0.15, -0.1) is 0 Å². The number of carboxylic acid groups (broad SMARTS) is 1. The van der Waals surface area contributed by atoms with E-state index in [1.807, 2.05) is 30.3 Å². The average molecular weight is 298 g/mol. The quantitative estimate of drug-likeness (QED) is 0.912. The van der Waals surface area contributed by atoms with E-state index in [1.54, 1.807) is 6.20 Å². The first-order chi connectivity index (χ1) is 10.6. The van der Waals surface area contributed by atoms with Gasteiger partial charge in [-0.2, -0.15) is 0 Å². The van der Waals surface area contributed by atoms with Crippen LogP contribution in [0.4, 0.5) is 5.69 Å². The van der Waals surface area contributed by atoms with E-state index in [2.05, 4.69) is 10.3 Å². The highest BCUT2D eigenvalue weighted by Crippen LogP contribution is 2.30. The molecule has 114 valence electrons. The minimum absolute atomic E-state index is 0.108. The van der Waals surface area contributed by atoms with Crippen LogP contribution in [0.5, 0.6) is 0 Å². The molecule has 2 N–H and O–H groups in total. The molecular weight excluding hydrogens is 280 g/mol. The van der Waals surface area contributed by atoms with Crippen LogP contribution in [0.3, 0.4) is 0 Å². The SMILES string of the molecule is O=C(O)C1CCCC(C(=O)Nc2cnc3ccccc3c2)C1. The molecule has 5 nitrogen and oxygen atoms in total. The van der Waals surface area contributed by atoms with Crippen molar-refractivity contribution >= 4 is 28.5 Å². The Morgan fingerprint density at radius 2 is 1.95 bits per heavy atom. The predicted octanol–water partition coefficient (Wildman–Crippen LogP) is 3.06. The summed E-state index contributed by atoms with van der Waals surface area (Å²) in [6.07, 6.45) is 4.25. The molecule has 1 saturated carbocycles. The second kappa shape index (κ2) is 6.13. The third-order valence-corrected chi connectivity index (χ3v) is 4.25. The van der Waals surface area contributed by atoms with Crippen molar-refractivity contribution in [1.29, 1.82) is 0 Å². The number of amides is 1. The van der Waals surface area contributed by atoms with Gasteiger partial charge >= 0.3 is 5.97 Å². The van der Waals surface area contributed by atoms with Crippen LogP contribution in [0.25, 0.3) is 10.9 Å². The van der Waals surface area contributed by atoms with Crippen molar-refractivity contribution in [3.8, 4) is 0 Å². The highest BCUT2D eigenvalue weighted by molar-refractivity contribution is 5.94. The van der Waals surface area contributed by atoms with E-state index < -0.39 is 11.9 Å². The number of benzene rings is 1. The van der Waals surface area contributed by atoms with Crippen LogP contribution in [0.1, 0.15) is 25.7 Å². The van der Waals surface area contributed by atoms with Gasteiger partial charge in [-0.25, -0.2) is 0 Å². The Kier molecular flexibility index (Phi) is 4.04. The molecule has 3 rings (SSSR count). The molecule has 1 amide bonds. The zero-order valence-electron chi connectivity index (χ0n) is 12.2. The predicted molar refractivity (Wildman–Crippen MR) is 83.5 cm³/mol. The number of carbonyl (C=O) groups is 2. The van der Waals surface area contributed by atoms with Gasteiger partial charge in [0.15, 0.2) is 0 Å². The van der Waals surface area contributed by atoms with Crippen LogP contribution < -0.4 is 5.32 Å². The molecule has 22 heavy (non-hydrogen) atoms. The van der Waals surface area contributed by atoms with Crippen LogP contribution in [-0.4, -0.2) is 22.0 Å². The van der Waals surface area contributed by atoms with Crippen LogP contribution in [0, 0.1) is 11.8 Å². The van der Waals surface area contributed by atoms with Gasteiger partial charge < -0.3 is 10.4 Å². The maximum Gasteiger partial charge on any atom is 0.306 e. The van der Waals surface area contributed by atoms with E-state index in [4.69, 9.17) is 5.11 Å². The summed E-state index contributed by atoms with van der Waals surface area (Å²) in [5.41, 5.74) is 1.53. The molecule has 1 aromatic carbocycles. The van der Waals surface area contributed by atoms with Crippen molar-refractivity contribution < 1.29 is 14.7 Å². The number of aliphatic carboxylic acids is 1. The lowest BCUT2D eigenvalue weighted by atomic mass is 9.81. The molecule has 1 aliphatic rings. The number of nitrogens with one attached hydrogen (secondary N) is 1. The summed E-state index contributed by atoms with van der Waals surface area (Å²) in [6, 6.07) is 9.59. The zero-order valence-corrected chi connectivity index (χ0v) is 12.2. The van der Waals surface area contributed by atoms with Gasteiger partial charge in [0.2, 0.25) is 5.91 Å². The first kappa shape index (κ1) is 14.5. The number of hydrogen-bond acceptors (Lipinski definition) is 3. The molecule has 0 saturated heterocycles. The summed E-state index contributed by atoms with van der Waals surface area (Å²) in [6.45, 7) is 0. The minimum atomic E-state index is -0.801. The molecule has 0 radical (unpaired) electrons. The Balaban J connectivity index is 1.71. The molecule has 5 heteroatoms. The largest absolute Gasteiger partial charge is 0.481 e. The van der Waals surface area contributed by atoms with Crippen molar-refractivity contribution in [2.24, 2.45) is 11.8 Å². The second-order valence-electron chi connectivity index (χ2n) is 5.80. The first-order valence-electron chi connectivity index (χ1n) is 7.52. The fraction of sp³-hybridized carbons (Fsp3) is 0.353. The fourth-order valence-electron chi connectivity index (χ4n) is 3.04. The highest BCUT2D eigenvalue weighted by atomic mass is 16.4. The Labute approximate surface area is 128 Å². The fourth-order valence-corrected chi connectivity index (χ4v) is 3.04. The van der Waals surface area contributed by atoms with Gasteiger partial charge in [-0.3, -0.25) is 14.6 Å². The second-order valence-corrected chi connectivity index (χ2v) is 5.80. The molecule has 1 aromatic heterocycles. The topological polar surface area (TPSA) is 79.3 Å². The van der Waals surface area contributed by atoms with E-state index >= 15 is 0 Å². The van der Waals surface area contributed by atoms with Crippen molar-refractivity contribution in [3.63, 3.8) is 0 Å². The van der Waals surface area contributed by atoms with E-state index in [0.29, 0.717) is 18.5 Å². The minimum Gasteiger partial charge on any atom is -0.481 e. The summed E-state index contributed by atoms with van der Waals surface area (Å²) < 4.78 is 0. The Bertz CT molecular complexity index is 714. The lowest BCUT2D eigenvalue weighted by Gasteiger charge is -2.25. The molecule has 2 aromatic rings. The Morgan fingerprint density at radius 1 is 1.18 bits per heavy atom. The zero-order chi connectivity index (χ0) is 15.5. The third-order valence-electron chi connectivity index (χ3n) is 4.25. The molecule has 1 fully saturated rings. The van der Waals surface area contributed by atoms with Crippen molar-refractivity contribution in [3.05, 3.63) is 36.5 Å². The van der Waals surface area contributed by atoms with Gasteiger partial charge in [0, 0.05) is 11.3 Å². The van der Waals surface area contributed by atoms with Crippen LogP contribution in [0.15, 0.2) is 36.5 Å². The van der Waals surface area contributed by atoms with Crippen molar-refractivity contribution in [2.75, 3.05) is 5.32 Å². The number of carbonyl (C=O) groups excluding carboxylic acids is 1. The summed E-state index contributed by atoms with van der Waals surface area (Å²) >= 11 is 0. The van der Waals surface area contributed by atoms with E-state index in [-0.39, 0.29) is 11.8 Å². The van der Waals surface area contributed by atoms with Gasteiger partial charge in [-0.05, 0) is 31.4 Å². The lowest BCUT2D eigenvalue weighted by molar-refractivity contribution is -0.143. The van der Waals surface area contributed by atoms with Gasteiger partial charge in [0.05, 0.1) is 23.3 Å².